The summed E-state index contributed by atoms with van der Waals surface area (Å²) in [5, 5.41) is 10.1. The summed E-state index contributed by atoms with van der Waals surface area (Å²) in [5.41, 5.74) is 1.22. The number of carbonyl (C=O) groups is 2. The van der Waals surface area contributed by atoms with Crippen molar-refractivity contribution >= 4 is 22.8 Å². The van der Waals surface area contributed by atoms with Gasteiger partial charge in [-0.15, -0.1) is 0 Å². The highest BCUT2D eigenvalue weighted by Crippen LogP contribution is 2.29. The first kappa shape index (κ1) is 19.0. The molecule has 29 heavy (non-hydrogen) atoms. The van der Waals surface area contributed by atoms with Crippen LogP contribution in [0.15, 0.2) is 59.0 Å². The van der Waals surface area contributed by atoms with Crippen molar-refractivity contribution in [2.75, 3.05) is 13.1 Å². The van der Waals surface area contributed by atoms with Gasteiger partial charge >= 0.3 is 5.97 Å². The van der Waals surface area contributed by atoms with Crippen LogP contribution in [0.1, 0.15) is 23.0 Å². The zero-order valence-electron chi connectivity index (χ0n) is 15.9. The molecule has 0 aliphatic carbocycles. The van der Waals surface area contributed by atoms with Crippen molar-refractivity contribution in [2.24, 2.45) is 0 Å². The minimum absolute atomic E-state index is 0.0332. The molecule has 1 saturated heterocycles. The number of ether oxygens (including phenoxy) is 2. The van der Waals surface area contributed by atoms with E-state index in [-0.39, 0.29) is 30.9 Å². The number of hydrogen-bond donors (Lipinski definition) is 1. The number of para-hydroxylation sites is 2. The van der Waals surface area contributed by atoms with E-state index in [4.69, 9.17) is 13.9 Å². The summed E-state index contributed by atoms with van der Waals surface area (Å²) in [6.45, 7) is 2.16. The zero-order valence-corrected chi connectivity index (χ0v) is 15.9. The Morgan fingerprint density at radius 1 is 1.10 bits per heavy atom. The summed E-state index contributed by atoms with van der Waals surface area (Å²) in [6.07, 6.45) is -1.45. The van der Waals surface area contributed by atoms with Gasteiger partial charge in [-0.2, -0.15) is 0 Å². The summed E-state index contributed by atoms with van der Waals surface area (Å²) in [4.78, 5) is 26.1. The van der Waals surface area contributed by atoms with Crippen molar-refractivity contribution in [1.29, 1.82) is 0 Å². The second-order valence-electron chi connectivity index (χ2n) is 6.99. The van der Waals surface area contributed by atoms with Crippen LogP contribution in [-0.2, 0) is 16.1 Å². The molecule has 3 aromatic rings. The normalized spacial score (nSPS) is 19.3. The highest BCUT2D eigenvalue weighted by molar-refractivity contribution is 5.99. The number of nitrogens with zero attached hydrogens (tertiary/aromatic N) is 1. The Labute approximate surface area is 167 Å². The molecular formula is C22H21NO6. The molecule has 2 atom stereocenters. The number of carboxylic acids is 1. The Kier molecular flexibility index (Phi) is 5.22. The third-order valence-corrected chi connectivity index (χ3v) is 4.84. The van der Waals surface area contributed by atoms with E-state index in [1.165, 1.54) is 4.90 Å². The number of carboxylic acid groups (broad SMARTS) is 1. The molecule has 1 amide bonds. The van der Waals surface area contributed by atoms with Crippen LogP contribution < -0.4 is 4.74 Å². The Bertz CT molecular complexity index is 1030. The maximum Gasteiger partial charge on any atom is 0.334 e. The molecule has 2 aromatic carbocycles. The fourth-order valence-electron chi connectivity index (χ4n) is 3.48. The lowest BCUT2D eigenvalue weighted by molar-refractivity contribution is -0.160. The average molecular weight is 395 g/mol. The molecule has 4 rings (SSSR count). The van der Waals surface area contributed by atoms with Gasteiger partial charge in [0.2, 0.25) is 0 Å². The number of fused-ring (bicyclic) bond motifs is 1. The van der Waals surface area contributed by atoms with E-state index < -0.39 is 12.1 Å². The summed E-state index contributed by atoms with van der Waals surface area (Å²) < 4.78 is 17.2. The molecule has 1 fully saturated rings. The molecule has 150 valence electrons. The van der Waals surface area contributed by atoms with Crippen molar-refractivity contribution < 1.29 is 28.6 Å². The standard InChI is InChI=1S/C22H21NO6/c1-14-11-23(12-19(28-14)22(25)26)21(24)20-17(13-27-15-7-3-2-4-8-15)16-9-5-6-10-18(16)29-20/h2-10,14,19H,11-13H2,1H3,(H,25,26)/t14-,19?/m1/s1. The first-order chi connectivity index (χ1) is 14.0. The lowest BCUT2D eigenvalue weighted by Gasteiger charge is -2.34. The SMILES string of the molecule is C[C@@H]1CN(C(=O)c2oc3ccccc3c2COc2ccccc2)CC(C(=O)O)O1. The summed E-state index contributed by atoms with van der Waals surface area (Å²) in [5.74, 6) is -0.608. The molecule has 1 unspecified atom stereocenters. The van der Waals surface area contributed by atoms with E-state index in [2.05, 4.69) is 0 Å². The molecule has 2 heterocycles. The molecule has 0 saturated carbocycles. The van der Waals surface area contributed by atoms with E-state index >= 15 is 0 Å². The van der Waals surface area contributed by atoms with E-state index in [1.807, 2.05) is 48.5 Å². The summed E-state index contributed by atoms with van der Waals surface area (Å²) in [7, 11) is 0. The molecule has 7 heteroatoms. The number of furan rings is 1. The van der Waals surface area contributed by atoms with E-state index in [0.717, 1.165) is 5.39 Å². The Morgan fingerprint density at radius 2 is 1.83 bits per heavy atom. The van der Waals surface area contributed by atoms with Crippen LogP contribution in [-0.4, -0.2) is 47.2 Å². The molecule has 1 N–H and O–H groups in total. The smallest absolute Gasteiger partial charge is 0.334 e. The van der Waals surface area contributed by atoms with Gasteiger partial charge < -0.3 is 23.9 Å². The predicted molar refractivity (Wildman–Crippen MR) is 105 cm³/mol. The van der Waals surface area contributed by atoms with Crippen LogP contribution in [0.25, 0.3) is 11.0 Å². The van der Waals surface area contributed by atoms with Crippen molar-refractivity contribution in [2.45, 2.75) is 25.7 Å². The van der Waals surface area contributed by atoms with Crippen LogP contribution in [0.4, 0.5) is 0 Å². The summed E-state index contributed by atoms with van der Waals surface area (Å²) in [6, 6.07) is 16.7. The van der Waals surface area contributed by atoms with Crippen molar-refractivity contribution in [1.82, 2.24) is 4.90 Å². The van der Waals surface area contributed by atoms with Gasteiger partial charge in [0.15, 0.2) is 11.9 Å². The van der Waals surface area contributed by atoms with Gasteiger partial charge in [-0.25, -0.2) is 4.79 Å². The maximum atomic E-state index is 13.2. The quantitative estimate of drug-likeness (QED) is 0.713. The molecule has 0 bridgehead atoms. The Morgan fingerprint density at radius 3 is 2.59 bits per heavy atom. The third-order valence-electron chi connectivity index (χ3n) is 4.84. The maximum absolute atomic E-state index is 13.2. The highest BCUT2D eigenvalue weighted by Gasteiger charge is 2.35. The molecule has 1 aromatic heterocycles. The molecule has 1 aliphatic heterocycles. The van der Waals surface area contributed by atoms with Crippen LogP contribution in [0.2, 0.25) is 0 Å². The van der Waals surface area contributed by atoms with Crippen molar-refractivity contribution in [3.8, 4) is 5.75 Å². The van der Waals surface area contributed by atoms with Gasteiger partial charge in [-0.3, -0.25) is 4.79 Å². The van der Waals surface area contributed by atoms with Gasteiger partial charge in [0, 0.05) is 17.5 Å². The molecule has 7 nitrogen and oxygen atoms in total. The summed E-state index contributed by atoms with van der Waals surface area (Å²) >= 11 is 0. The van der Waals surface area contributed by atoms with Gasteiger partial charge in [-0.1, -0.05) is 36.4 Å². The average Bonchev–Trinajstić information content (AvgIpc) is 3.10. The monoisotopic (exact) mass is 395 g/mol. The van der Waals surface area contributed by atoms with Gasteiger partial charge in [0.05, 0.1) is 12.6 Å². The van der Waals surface area contributed by atoms with Crippen LogP contribution in [0.5, 0.6) is 5.75 Å². The van der Waals surface area contributed by atoms with Gasteiger partial charge in [0.1, 0.15) is 17.9 Å². The third kappa shape index (κ3) is 3.95. The Hall–Kier alpha value is -3.32. The molecular weight excluding hydrogens is 374 g/mol. The number of rotatable bonds is 5. The first-order valence-electron chi connectivity index (χ1n) is 9.38. The Balaban J connectivity index is 1.65. The van der Waals surface area contributed by atoms with E-state index in [0.29, 0.717) is 23.4 Å². The number of benzene rings is 2. The lowest BCUT2D eigenvalue weighted by atomic mass is 10.1. The van der Waals surface area contributed by atoms with E-state index in [1.54, 1.807) is 13.0 Å². The number of hydrogen-bond acceptors (Lipinski definition) is 5. The van der Waals surface area contributed by atoms with Gasteiger partial charge in [0.25, 0.3) is 5.91 Å². The van der Waals surface area contributed by atoms with Crippen LogP contribution >= 0.6 is 0 Å². The predicted octanol–water partition coefficient (Wildman–Crippen LogP) is 3.33. The second kappa shape index (κ2) is 7.97. The van der Waals surface area contributed by atoms with Crippen LogP contribution in [0, 0.1) is 0 Å². The van der Waals surface area contributed by atoms with Crippen molar-refractivity contribution in [3.05, 3.63) is 65.9 Å². The van der Waals surface area contributed by atoms with Gasteiger partial charge in [-0.05, 0) is 25.1 Å². The fourth-order valence-corrected chi connectivity index (χ4v) is 3.48. The molecule has 0 spiro atoms. The minimum atomic E-state index is -1.09. The molecule has 0 radical (unpaired) electrons. The largest absolute Gasteiger partial charge is 0.489 e. The fraction of sp³-hybridized carbons (Fsp3) is 0.273. The minimum Gasteiger partial charge on any atom is -0.489 e. The first-order valence-corrected chi connectivity index (χ1v) is 9.38. The zero-order chi connectivity index (χ0) is 20.4. The molecule has 1 aliphatic rings. The topological polar surface area (TPSA) is 89.2 Å². The number of aliphatic carboxylic acids is 1. The van der Waals surface area contributed by atoms with Crippen molar-refractivity contribution in [3.63, 3.8) is 0 Å². The number of amides is 1. The number of carbonyl (C=O) groups excluding carboxylic acids is 1. The lowest BCUT2D eigenvalue weighted by Crippen LogP contribution is -2.51. The number of morpholine rings is 1. The second-order valence-corrected chi connectivity index (χ2v) is 6.99. The van der Waals surface area contributed by atoms with Crippen LogP contribution in [0.3, 0.4) is 0 Å². The van der Waals surface area contributed by atoms with E-state index in [9.17, 15) is 14.7 Å². The highest BCUT2D eigenvalue weighted by atomic mass is 16.5.